The van der Waals surface area contributed by atoms with Crippen molar-refractivity contribution in [2.45, 2.75) is 52.0 Å². The highest BCUT2D eigenvalue weighted by atomic mass is 16.4. The van der Waals surface area contributed by atoms with E-state index >= 15 is 0 Å². The lowest BCUT2D eigenvalue weighted by Crippen LogP contribution is -2.50. The summed E-state index contributed by atoms with van der Waals surface area (Å²) in [7, 11) is 0. The first-order valence-corrected chi connectivity index (χ1v) is 10.8. The Balaban J connectivity index is 1.48. The van der Waals surface area contributed by atoms with E-state index in [0.717, 1.165) is 36.8 Å². The second kappa shape index (κ2) is 7.81. The van der Waals surface area contributed by atoms with E-state index in [9.17, 15) is 19.5 Å². The SMILES string of the molecule is Cc1cc(C)cc(C(=O)N2CCCC(C(=O)N3CC4CCCC4C3C(=O)O)C2)c1. The number of hydrogen-bond donors (Lipinski definition) is 1. The summed E-state index contributed by atoms with van der Waals surface area (Å²) in [6, 6.07) is 5.13. The number of carboxylic acids is 1. The van der Waals surface area contributed by atoms with Gasteiger partial charge in [-0.3, -0.25) is 9.59 Å². The lowest BCUT2D eigenvalue weighted by atomic mass is 9.93. The van der Waals surface area contributed by atoms with Crippen LogP contribution in [0.2, 0.25) is 0 Å². The van der Waals surface area contributed by atoms with Gasteiger partial charge in [-0.05, 0) is 63.5 Å². The summed E-state index contributed by atoms with van der Waals surface area (Å²) in [5, 5.41) is 9.76. The maximum absolute atomic E-state index is 13.3. The summed E-state index contributed by atoms with van der Waals surface area (Å²) in [6.45, 7) is 5.53. The molecule has 1 aromatic carbocycles. The van der Waals surface area contributed by atoms with Gasteiger partial charge >= 0.3 is 5.97 Å². The third-order valence-corrected chi connectivity index (χ3v) is 6.95. The molecule has 2 heterocycles. The Kier molecular flexibility index (Phi) is 5.36. The van der Waals surface area contributed by atoms with E-state index in [4.69, 9.17) is 0 Å². The van der Waals surface area contributed by atoms with Crippen molar-refractivity contribution in [2.24, 2.45) is 17.8 Å². The Morgan fingerprint density at radius 1 is 0.966 bits per heavy atom. The fourth-order valence-corrected chi connectivity index (χ4v) is 5.73. The van der Waals surface area contributed by atoms with Gasteiger partial charge in [-0.1, -0.05) is 23.6 Å². The zero-order chi connectivity index (χ0) is 20.7. The molecule has 2 saturated heterocycles. The molecule has 0 aromatic heterocycles. The van der Waals surface area contributed by atoms with E-state index in [1.807, 2.05) is 32.0 Å². The molecule has 0 spiro atoms. The molecule has 2 aliphatic heterocycles. The van der Waals surface area contributed by atoms with Crippen molar-refractivity contribution in [2.75, 3.05) is 19.6 Å². The van der Waals surface area contributed by atoms with Gasteiger partial charge < -0.3 is 14.9 Å². The third-order valence-electron chi connectivity index (χ3n) is 6.95. The average Bonchev–Trinajstić information content (AvgIpc) is 3.27. The summed E-state index contributed by atoms with van der Waals surface area (Å²) in [4.78, 5) is 41.6. The van der Waals surface area contributed by atoms with Crippen LogP contribution in [0, 0.1) is 31.6 Å². The molecule has 0 bridgehead atoms. The van der Waals surface area contributed by atoms with Gasteiger partial charge in [0.05, 0.1) is 5.92 Å². The molecule has 1 N–H and O–H groups in total. The second-order valence-electron chi connectivity index (χ2n) is 9.10. The Hall–Kier alpha value is -2.37. The van der Waals surface area contributed by atoms with Crippen LogP contribution < -0.4 is 0 Å². The monoisotopic (exact) mass is 398 g/mol. The zero-order valence-electron chi connectivity index (χ0n) is 17.3. The Morgan fingerprint density at radius 2 is 1.69 bits per heavy atom. The van der Waals surface area contributed by atoms with Crippen LogP contribution in [0.15, 0.2) is 18.2 Å². The Labute approximate surface area is 171 Å². The van der Waals surface area contributed by atoms with Crippen molar-refractivity contribution in [3.63, 3.8) is 0 Å². The molecule has 4 rings (SSSR count). The molecule has 0 radical (unpaired) electrons. The van der Waals surface area contributed by atoms with E-state index in [2.05, 4.69) is 0 Å². The summed E-state index contributed by atoms with van der Waals surface area (Å²) >= 11 is 0. The predicted octanol–water partition coefficient (Wildman–Crippen LogP) is 2.87. The first kappa shape index (κ1) is 19.9. The molecule has 156 valence electrons. The maximum atomic E-state index is 13.3. The highest BCUT2D eigenvalue weighted by Gasteiger charge is 2.50. The maximum Gasteiger partial charge on any atom is 0.326 e. The fraction of sp³-hybridized carbons (Fsp3) is 0.609. The van der Waals surface area contributed by atoms with Crippen LogP contribution in [0.4, 0.5) is 0 Å². The highest BCUT2D eigenvalue weighted by Crippen LogP contribution is 2.43. The molecule has 4 atom stereocenters. The number of carbonyl (C=O) groups excluding carboxylic acids is 2. The number of likely N-dealkylation sites (tertiary alicyclic amines) is 2. The Morgan fingerprint density at radius 3 is 2.38 bits per heavy atom. The third kappa shape index (κ3) is 3.77. The smallest absolute Gasteiger partial charge is 0.326 e. The van der Waals surface area contributed by atoms with Gasteiger partial charge in [-0.25, -0.2) is 4.79 Å². The van der Waals surface area contributed by atoms with Crippen molar-refractivity contribution >= 4 is 17.8 Å². The van der Waals surface area contributed by atoms with E-state index in [-0.39, 0.29) is 23.7 Å². The van der Waals surface area contributed by atoms with Gasteiger partial charge in [-0.2, -0.15) is 0 Å². The van der Waals surface area contributed by atoms with Crippen molar-refractivity contribution in [1.29, 1.82) is 0 Å². The highest BCUT2D eigenvalue weighted by molar-refractivity contribution is 5.95. The number of benzene rings is 1. The number of piperidine rings is 1. The number of carboxylic acid groups (broad SMARTS) is 1. The molecular formula is C23H30N2O4. The molecule has 3 aliphatic rings. The quantitative estimate of drug-likeness (QED) is 0.849. The van der Waals surface area contributed by atoms with Gasteiger partial charge in [0.1, 0.15) is 6.04 Å². The first-order chi connectivity index (χ1) is 13.8. The lowest BCUT2D eigenvalue weighted by Gasteiger charge is -2.35. The number of amides is 2. The summed E-state index contributed by atoms with van der Waals surface area (Å²) in [5.41, 5.74) is 2.76. The average molecular weight is 399 g/mol. The fourth-order valence-electron chi connectivity index (χ4n) is 5.73. The molecule has 6 heteroatoms. The van der Waals surface area contributed by atoms with Crippen LogP contribution in [0.5, 0.6) is 0 Å². The number of aryl methyl sites for hydroxylation is 2. The topological polar surface area (TPSA) is 77.9 Å². The van der Waals surface area contributed by atoms with Crippen LogP contribution in [0.25, 0.3) is 0 Å². The molecule has 1 aliphatic carbocycles. The number of aliphatic carboxylic acids is 1. The Bertz CT molecular complexity index is 816. The van der Waals surface area contributed by atoms with Gasteiger partial charge in [0.2, 0.25) is 5.91 Å². The zero-order valence-corrected chi connectivity index (χ0v) is 17.3. The second-order valence-corrected chi connectivity index (χ2v) is 9.10. The van der Waals surface area contributed by atoms with E-state index < -0.39 is 12.0 Å². The van der Waals surface area contributed by atoms with Crippen molar-refractivity contribution in [3.8, 4) is 0 Å². The number of carbonyl (C=O) groups is 3. The minimum atomic E-state index is -0.883. The van der Waals surface area contributed by atoms with Gasteiger partial charge in [0, 0.05) is 25.2 Å². The molecule has 29 heavy (non-hydrogen) atoms. The molecule has 1 saturated carbocycles. The molecule has 1 aromatic rings. The predicted molar refractivity (Wildman–Crippen MR) is 109 cm³/mol. The molecule has 6 nitrogen and oxygen atoms in total. The van der Waals surface area contributed by atoms with Crippen LogP contribution in [-0.2, 0) is 9.59 Å². The molecule has 3 fully saturated rings. The number of fused-ring (bicyclic) bond motifs is 1. The van der Waals surface area contributed by atoms with Crippen molar-refractivity contribution in [1.82, 2.24) is 9.80 Å². The number of rotatable bonds is 3. The van der Waals surface area contributed by atoms with Gasteiger partial charge in [0.15, 0.2) is 0 Å². The van der Waals surface area contributed by atoms with Gasteiger partial charge in [-0.15, -0.1) is 0 Å². The summed E-state index contributed by atoms with van der Waals surface area (Å²) < 4.78 is 0. The minimum Gasteiger partial charge on any atom is -0.480 e. The lowest BCUT2D eigenvalue weighted by molar-refractivity contribution is -0.152. The van der Waals surface area contributed by atoms with Crippen LogP contribution in [-0.4, -0.2) is 58.4 Å². The summed E-state index contributed by atoms with van der Waals surface area (Å²) in [5.74, 6) is -0.900. The van der Waals surface area contributed by atoms with Gasteiger partial charge in [0.25, 0.3) is 5.91 Å². The van der Waals surface area contributed by atoms with Crippen LogP contribution in [0.1, 0.15) is 53.6 Å². The van der Waals surface area contributed by atoms with Crippen LogP contribution in [0.3, 0.4) is 0 Å². The molecule has 4 unspecified atom stereocenters. The minimum absolute atomic E-state index is 0.0395. The van der Waals surface area contributed by atoms with E-state index in [1.54, 1.807) is 9.80 Å². The normalized spacial score (nSPS) is 29.0. The van der Waals surface area contributed by atoms with Crippen molar-refractivity contribution < 1.29 is 19.5 Å². The first-order valence-electron chi connectivity index (χ1n) is 10.8. The van der Waals surface area contributed by atoms with E-state index in [0.29, 0.717) is 37.5 Å². The van der Waals surface area contributed by atoms with Crippen LogP contribution >= 0.6 is 0 Å². The summed E-state index contributed by atoms with van der Waals surface area (Å²) in [6.07, 6.45) is 4.45. The van der Waals surface area contributed by atoms with Crippen molar-refractivity contribution in [3.05, 3.63) is 34.9 Å². The molecule has 2 amide bonds. The molecular weight excluding hydrogens is 368 g/mol. The standard InChI is InChI=1S/C23H30N2O4/c1-14-9-15(2)11-18(10-14)21(26)24-8-4-6-17(12-24)22(27)25-13-16-5-3-7-19(16)20(25)23(28)29/h9-11,16-17,19-20H,3-8,12-13H2,1-2H3,(H,28,29). The number of hydrogen-bond acceptors (Lipinski definition) is 3. The van der Waals surface area contributed by atoms with E-state index in [1.165, 1.54) is 0 Å². The largest absolute Gasteiger partial charge is 0.480 e. The number of nitrogens with zero attached hydrogens (tertiary/aromatic N) is 2.